The first kappa shape index (κ1) is 56.1. The SMILES string of the molecule is CO[C@H]1/C=C/O[C@@]2(C)Oc3c(C)c(O)c4c(O)c(c5c(c4c3C2=O)NC2(CCN(CC(C)C)CC2)N=5)=NC(=O)/C(C)=C\C=C\[C@H](C)[C@H](O)[C@@H](C)[C@@H](O)[C@@H](C)[C@H](OC(=O)CC(=O)N2CCC(Cc3ccccc3)CC2)[C@@H]1C. The van der Waals surface area contributed by atoms with E-state index in [0.29, 0.717) is 56.5 Å². The summed E-state index contributed by atoms with van der Waals surface area (Å²) in [6.45, 7) is 19.2. The fourth-order valence-electron chi connectivity index (χ4n) is 11.8. The van der Waals surface area contributed by atoms with Crippen LogP contribution in [0.4, 0.5) is 5.69 Å². The maximum absolute atomic E-state index is 15.0. The second-order valence-electron chi connectivity index (χ2n) is 22.5. The van der Waals surface area contributed by atoms with Gasteiger partial charge in [-0.25, -0.2) is 4.99 Å². The van der Waals surface area contributed by atoms with Crippen LogP contribution in [0.2, 0.25) is 0 Å². The number of carbonyl (C=O) groups excluding carboxylic acids is 4. The minimum atomic E-state index is -2.01. The van der Waals surface area contributed by atoms with E-state index >= 15 is 0 Å². The summed E-state index contributed by atoms with van der Waals surface area (Å²) in [6, 6.07) is 10.2. The van der Waals surface area contributed by atoms with Gasteiger partial charge in [0.1, 0.15) is 40.4 Å². The fourth-order valence-corrected chi connectivity index (χ4v) is 11.8. The number of methoxy groups -OCH3 is 1. The number of hydrogen-bond donors (Lipinski definition) is 5. The molecule has 0 aliphatic carbocycles. The van der Waals surface area contributed by atoms with E-state index in [9.17, 15) is 39.6 Å². The maximum atomic E-state index is 15.0. The Bertz CT molecular complexity index is 2920. The summed E-state index contributed by atoms with van der Waals surface area (Å²) in [6.07, 6.45) is 6.48. The zero-order valence-electron chi connectivity index (χ0n) is 45.7. The highest BCUT2D eigenvalue weighted by Crippen LogP contribution is 2.51. The lowest BCUT2D eigenvalue weighted by atomic mass is 9.78. The van der Waals surface area contributed by atoms with E-state index in [4.69, 9.17) is 23.9 Å². The van der Waals surface area contributed by atoms with Crippen LogP contribution in [0.3, 0.4) is 0 Å². The molecule has 2 saturated heterocycles. The summed E-state index contributed by atoms with van der Waals surface area (Å²) in [7, 11) is 1.45. The van der Waals surface area contributed by atoms with Crippen molar-refractivity contribution in [1.82, 2.24) is 9.80 Å². The minimum absolute atomic E-state index is 0.0290. The van der Waals surface area contributed by atoms with Gasteiger partial charge >= 0.3 is 11.8 Å². The first-order valence-corrected chi connectivity index (χ1v) is 27.0. The second kappa shape index (κ2) is 22.8. The average Bonchev–Trinajstić information content (AvgIpc) is 3.90. The zero-order valence-corrected chi connectivity index (χ0v) is 45.7. The molecule has 0 unspecified atom stereocenters. The predicted octanol–water partition coefficient (Wildman–Crippen LogP) is 6.60. The van der Waals surface area contributed by atoms with E-state index in [1.807, 2.05) is 18.2 Å². The number of piperidine rings is 2. The maximum Gasteiger partial charge on any atom is 0.315 e. The van der Waals surface area contributed by atoms with E-state index in [2.05, 4.69) is 41.2 Å². The van der Waals surface area contributed by atoms with Gasteiger partial charge in [-0.05, 0) is 56.6 Å². The number of carbonyl (C=O) groups is 4. The number of aliphatic hydroxyl groups excluding tert-OH is 2. The molecule has 9 rings (SSSR count). The van der Waals surface area contributed by atoms with Crippen molar-refractivity contribution in [3.8, 4) is 17.2 Å². The van der Waals surface area contributed by atoms with Crippen LogP contribution in [0.1, 0.15) is 109 Å². The average molecular weight is 1050 g/mol. The van der Waals surface area contributed by atoms with Crippen molar-refractivity contribution in [3.63, 3.8) is 0 Å². The number of fused-ring (bicyclic) bond motifs is 13. The van der Waals surface area contributed by atoms with E-state index in [0.717, 1.165) is 25.8 Å². The third-order valence-corrected chi connectivity index (χ3v) is 16.5. The van der Waals surface area contributed by atoms with Gasteiger partial charge in [0.05, 0.1) is 41.2 Å². The molecule has 5 bridgehead atoms. The van der Waals surface area contributed by atoms with Gasteiger partial charge in [-0.15, -0.1) is 0 Å². The number of Topliss-reactive ketones (excluding diaryl/α,β-unsaturated/α-hetero) is 1. The van der Waals surface area contributed by atoms with Crippen LogP contribution >= 0.6 is 0 Å². The van der Waals surface area contributed by atoms with Crippen molar-refractivity contribution in [2.45, 2.75) is 137 Å². The Morgan fingerprint density at radius 2 is 1.58 bits per heavy atom. The summed E-state index contributed by atoms with van der Waals surface area (Å²) >= 11 is 0. The highest BCUT2D eigenvalue weighted by molar-refractivity contribution is 6.21. The van der Waals surface area contributed by atoms with Crippen LogP contribution in [0, 0.1) is 42.4 Å². The number of likely N-dealkylation sites (tertiary alicyclic amines) is 2. The first-order chi connectivity index (χ1) is 36.1. The lowest BCUT2D eigenvalue weighted by molar-refractivity contribution is -0.165. The number of amides is 2. The van der Waals surface area contributed by atoms with Crippen molar-refractivity contribution in [2.75, 3.05) is 45.2 Å². The number of ketones is 1. The molecule has 0 saturated carbocycles. The van der Waals surface area contributed by atoms with E-state index < -0.39 is 95.1 Å². The van der Waals surface area contributed by atoms with Gasteiger partial charge in [0.25, 0.3) is 11.7 Å². The van der Waals surface area contributed by atoms with Crippen molar-refractivity contribution >= 4 is 40.0 Å². The van der Waals surface area contributed by atoms with Gasteiger partial charge in [-0.1, -0.05) is 90.1 Å². The number of allylic oxidation sites excluding steroid dienone is 2. The molecule has 1 spiro atoms. The molecule has 3 aromatic rings. The van der Waals surface area contributed by atoms with Crippen LogP contribution in [0.15, 0.2) is 76.5 Å². The smallest absolute Gasteiger partial charge is 0.315 e. The Balaban J connectivity index is 1.14. The van der Waals surface area contributed by atoms with Crippen LogP contribution in [-0.4, -0.2) is 129 Å². The van der Waals surface area contributed by atoms with Crippen molar-refractivity contribution < 1.29 is 58.6 Å². The lowest BCUT2D eigenvalue weighted by Gasteiger charge is -2.38. The van der Waals surface area contributed by atoms with E-state index in [1.54, 1.807) is 58.6 Å². The number of phenols is 2. The van der Waals surface area contributed by atoms with Crippen LogP contribution in [-0.2, 0) is 35.0 Å². The number of nitrogens with zero attached hydrogens (tertiary/aromatic N) is 4. The Hall–Kier alpha value is -6.14. The second-order valence-corrected chi connectivity index (χ2v) is 22.5. The van der Waals surface area contributed by atoms with Crippen molar-refractivity contribution in [1.29, 1.82) is 0 Å². The molecule has 0 aromatic heterocycles. The molecule has 6 aliphatic heterocycles. The molecule has 410 valence electrons. The highest BCUT2D eigenvalue weighted by Gasteiger charge is 2.51. The quantitative estimate of drug-likeness (QED) is 0.0910. The van der Waals surface area contributed by atoms with Crippen molar-refractivity contribution in [3.05, 3.63) is 93.9 Å². The molecule has 17 heteroatoms. The number of esters is 1. The molecule has 6 heterocycles. The number of aliphatic hydroxyl groups is 2. The van der Waals surface area contributed by atoms with Crippen molar-refractivity contribution in [2.24, 2.45) is 45.5 Å². The van der Waals surface area contributed by atoms with E-state index in [1.165, 1.54) is 38.0 Å². The number of aromatic hydroxyl groups is 2. The largest absolute Gasteiger partial charge is 0.507 e. The number of nitrogens with one attached hydrogen (secondary N) is 1. The molecule has 5 N–H and O–H groups in total. The van der Waals surface area contributed by atoms with Crippen LogP contribution in [0.5, 0.6) is 17.2 Å². The Kier molecular flexibility index (Phi) is 16.8. The number of anilines is 1. The summed E-state index contributed by atoms with van der Waals surface area (Å²) in [5.41, 5.74) is 1.02. The molecule has 2 amide bonds. The van der Waals surface area contributed by atoms with E-state index in [-0.39, 0.29) is 49.8 Å². The summed E-state index contributed by atoms with van der Waals surface area (Å²) < 4.78 is 24.8. The number of hydrogen-bond acceptors (Lipinski definition) is 15. The molecular weight excluding hydrogens is 971 g/mol. The Morgan fingerprint density at radius 3 is 2.24 bits per heavy atom. The fraction of sp³-hybridized carbons (Fsp3) is 0.559. The van der Waals surface area contributed by atoms with Gasteiger partial charge in [0.15, 0.2) is 5.75 Å². The van der Waals surface area contributed by atoms with Crippen LogP contribution < -0.4 is 20.8 Å². The third kappa shape index (κ3) is 11.3. The highest BCUT2D eigenvalue weighted by atomic mass is 16.7. The third-order valence-electron chi connectivity index (χ3n) is 16.5. The molecular formula is C59H77N5O12. The van der Waals surface area contributed by atoms with Gasteiger partial charge in [0, 0.05) is 99.8 Å². The summed E-state index contributed by atoms with van der Waals surface area (Å²) in [5, 5.41) is 51.5. The number of ether oxygens (including phenoxy) is 4. The Morgan fingerprint density at radius 1 is 0.895 bits per heavy atom. The monoisotopic (exact) mass is 1050 g/mol. The zero-order chi connectivity index (χ0) is 55.0. The minimum Gasteiger partial charge on any atom is -0.507 e. The number of benzene rings is 3. The predicted molar refractivity (Wildman–Crippen MR) is 286 cm³/mol. The van der Waals surface area contributed by atoms with Crippen LogP contribution in [0.25, 0.3) is 10.8 Å². The number of phenolic OH excluding ortho intramolecular Hbond substituents is 2. The molecule has 9 atom stereocenters. The number of rotatable bonds is 8. The molecule has 3 aromatic carbocycles. The molecule has 76 heavy (non-hydrogen) atoms. The molecule has 6 aliphatic rings. The molecule has 0 radical (unpaired) electrons. The van der Waals surface area contributed by atoms with Gasteiger partial charge in [0.2, 0.25) is 5.91 Å². The summed E-state index contributed by atoms with van der Waals surface area (Å²) in [4.78, 5) is 70.2. The molecule has 17 nitrogen and oxygen atoms in total. The lowest BCUT2D eigenvalue weighted by Crippen LogP contribution is -2.47. The topological polar surface area (TPSA) is 229 Å². The van der Waals surface area contributed by atoms with Gasteiger partial charge < -0.3 is 54.5 Å². The van der Waals surface area contributed by atoms with Gasteiger partial charge in [-0.2, -0.15) is 0 Å². The summed E-state index contributed by atoms with van der Waals surface area (Å²) in [5.74, 6) is -7.37. The standard InChI is InChI=1S/C59H77N5O12/c1-32(2)31-63-26-22-59(23-27-63)61-47-44-45-52(69)38(8)55-46(44)56(71)58(9,76-55)74-28-21-41(73-10)35(5)54(75-43(66)30-42(65)64-24-19-40(20-25-64)29-39-17-12-11-13-18-39)37(7)51(68)36(6)50(67)33(3)15-14-16-34(4)57(72)60-49(53(45)70)48(47)62-59/h11-18,21,28,32-33,35-37,40-41,50-51,54,61,67-70H,19-20,22-27,29-31H2,1-10H3/b15-14+,28-21+,34-16-,60-49?/t33-,35+,36+,37+,41-,50-,51+,54+,58-/m0/s1. The normalized spacial score (nSPS) is 30.0. The Labute approximate surface area is 445 Å². The van der Waals surface area contributed by atoms with Gasteiger partial charge in [-0.3, -0.25) is 24.2 Å². The first-order valence-electron chi connectivity index (χ1n) is 27.0. The molecule has 2 fully saturated rings.